The highest BCUT2D eigenvalue weighted by Gasteiger charge is 2.41. The Morgan fingerprint density at radius 1 is 1.35 bits per heavy atom. The number of methoxy groups -OCH3 is 1. The van der Waals surface area contributed by atoms with Crippen molar-refractivity contribution in [2.24, 2.45) is 0 Å². The molecule has 7 heteroatoms. The number of halogens is 1. The number of hydrogen-bond donors (Lipinski definition) is 1. The third-order valence-corrected chi connectivity index (χ3v) is 4.23. The van der Waals surface area contributed by atoms with Crippen molar-refractivity contribution in [2.45, 2.75) is 37.9 Å². The molecule has 0 unspecified atom stereocenters. The lowest BCUT2D eigenvalue weighted by Crippen LogP contribution is -2.57. The number of rotatable bonds is 5. The van der Waals surface area contributed by atoms with Crippen LogP contribution in [0.2, 0.25) is 0 Å². The summed E-state index contributed by atoms with van der Waals surface area (Å²) < 4.78 is 16.6. The molecule has 1 amide bonds. The van der Waals surface area contributed by atoms with Gasteiger partial charge in [0.05, 0.1) is 11.6 Å². The molecule has 1 fully saturated rings. The van der Waals surface area contributed by atoms with Crippen LogP contribution in [0.1, 0.15) is 23.7 Å². The van der Waals surface area contributed by atoms with Gasteiger partial charge in [-0.15, -0.1) is 0 Å². The number of benzene rings is 1. The summed E-state index contributed by atoms with van der Waals surface area (Å²) in [4.78, 5) is 23.8. The molecule has 2 rings (SSSR count). The van der Waals surface area contributed by atoms with Gasteiger partial charge in [-0.2, -0.15) is 0 Å². The smallest absolute Gasteiger partial charge is 0.338 e. The second-order valence-electron chi connectivity index (χ2n) is 5.27. The van der Waals surface area contributed by atoms with Crippen LogP contribution in [0.4, 0.5) is 0 Å². The molecule has 1 aromatic rings. The lowest BCUT2D eigenvalue weighted by atomic mass is 9.99. The lowest BCUT2D eigenvalue weighted by Gasteiger charge is -2.40. The number of carbonyl (C=O) groups is 2. The summed E-state index contributed by atoms with van der Waals surface area (Å²) in [6.07, 6.45) is -1.07. The number of alkyl halides is 1. The number of ether oxygens (including phenoxy) is 3. The van der Waals surface area contributed by atoms with E-state index in [1.807, 2.05) is 6.07 Å². The first kappa shape index (κ1) is 17.9. The molecule has 0 saturated carbocycles. The molecule has 1 heterocycles. The zero-order valence-corrected chi connectivity index (χ0v) is 14.6. The van der Waals surface area contributed by atoms with Gasteiger partial charge in [-0.25, -0.2) is 4.79 Å². The van der Waals surface area contributed by atoms with Crippen molar-refractivity contribution in [2.75, 3.05) is 12.4 Å². The summed E-state index contributed by atoms with van der Waals surface area (Å²) in [7, 11) is 1.54. The fourth-order valence-corrected chi connectivity index (χ4v) is 3.05. The molecule has 1 aliphatic heterocycles. The Bertz CT molecular complexity index is 539. The molecular formula is C16H20BrNO5. The summed E-state index contributed by atoms with van der Waals surface area (Å²) in [6.45, 7) is 1.43. The third-order valence-electron chi connectivity index (χ3n) is 3.59. The number of hydrogen-bond acceptors (Lipinski definition) is 5. The van der Waals surface area contributed by atoms with E-state index in [0.717, 1.165) is 0 Å². The van der Waals surface area contributed by atoms with Crippen molar-refractivity contribution in [3.8, 4) is 0 Å². The first-order valence-corrected chi connectivity index (χ1v) is 8.44. The highest BCUT2D eigenvalue weighted by atomic mass is 79.9. The van der Waals surface area contributed by atoms with Gasteiger partial charge in [0.2, 0.25) is 5.91 Å². The monoisotopic (exact) mass is 385 g/mol. The van der Waals surface area contributed by atoms with Gasteiger partial charge < -0.3 is 19.5 Å². The van der Waals surface area contributed by atoms with Gasteiger partial charge in [0.15, 0.2) is 6.29 Å². The van der Waals surface area contributed by atoms with Gasteiger partial charge in [0.1, 0.15) is 12.2 Å². The van der Waals surface area contributed by atoms with Gasteiger partial charge in [-0.1, -0.05) is 34.1 Å². The second kappa shape index (κ2) is 8.42. The minimum atomic E-state index is -0.600. The fourth-order valence-electron chi connectivity index (χ4n) is 2.53. The fraction of sp³-hybridized carbons (Fsp3) is 0.500. The molecule has 126 valence electrons. The minimum Gasteiger partial charge on any atom is -0.454 e. The molecule has 6 nitrogen and oxygen atoms in total. The molecule has 0 aromatic heterocycles. The lowest BCUT2D eigenvalue weighted by molar-refractivity contribution is -0.213. The Balaban J connectivity index is 2.16. The van der Waals surface area contributed by atoms with E-state index in [1.54, 1.807) is 24.3 Å². The Hall–Kier alpha value is -1.44. The maximum Gasteiger partial charge on any atom is 0.338 e. The van der Waals surface area contributed by atoms with E-state index in [-0.39, 0.29) is 11.9 Å². The van der Waals surface area contributed by atoms with E-state index in [2.05, 4.69) is 21.2 Å². The SMILES string of the molecule is CO[C@@H]1C[C@@H](NC(C)=O)[C@H](OC(=O)c2ccccc2)[C@H](CBr)O1. The van der Waals surface area contributed by atoms with Crippen LogP contribution in [0, 0.1) is 0 Å². The van der Waals surface area contributed by atoms with Gasteiger partial charge in [-0.3, -0.25) is 4.79 Å². The molecule has 0 spiro atoms. The maximum absolute atomic E-state index is 12.3. The van der Waals surface area contributed by atoms with E-state index in [1.165, 1.54) is 14.0 Å². The standard InChI is InChI=1S/C16H20BrNO5/c1-10(19)18-12-8-14(21-2)22-13(9-17)15(12)23-16(20)11-6-4-3-5-7-11/h3-7,12-15H,8-9H2,1-2H3,(H,18,19)/t12-,13+,14+,15+/m1/s1. The van der Waals surface area contributed by atoms with Crippen LogP contribution >= 0.6 is 15.9 Å². The Kier molecular flexibility index (Phi) is 6.56. The first-order valence-electron chi connectivity index (χ1n) is 7.32. The van der Waals surface area contributed by atoms with Crippen LogP contribution in [-0.2, 0) is 19.0 Å². The van der Waals surface area contributed by atoms with E-state index in [0.29, 0.717) is 17.3 Å². The van der Waals surface area contributed by atoms with E-state index in [9.17, 15) is 9.59 Å². The zero-order chi connectivity index (χ0) is 16.8. The molecule has 0 aliphatic carbocycles. The molecule has 0 radical (unpaired) electrons. The van der Waals surface area contributed by atoms with Crippen molar-refractivity contribution < 1.29 is 23.8 Å². The predicted molar refractivity (Wildman–Crippen MR) is 87.3 cm³/mol. The van der Waals surface area contributed by atoms with Gasteiger partial charge >= 0.3 is 5.97 Å². The van der Waals surface area contributed by atoms with Crippen LogP contribution in [-0.4, -0.2) is 48.9 Å². The number of nitrogens with one attached hydrogen (secondary N) is 1. The summed E-state index contributed by atoms with van der Waals surface area (Å²) in [5, 5.41) is 3.27. The number of carbonyl (C=O) groups excluding carboxylic acids is 2. The molecule has 1 aromatic carbocycles. The number of amides is 1. The molecule has 1 saturated heterocycles. The van der Waals surface area contributed by atoms with Crippen molar-refractivity contribution in [3.05, 3.63) is 35.9 Å². The van der Waals surface area contributed by atoms with E-state index in [4.69, 9.17) is 14.2 Å². The maximum atomic E-state index is 12.3. The van der Waals surface area contributed by atoms with Crippen LogP contribution in [0.5, 0.6) is 0 Å². The third kappa shape index (κ3) is 4.76. The molecule has 1 N–H and O–H groups in total. The van der Waals surface area contributed by atoms with Crippen molar-refractivity contribution in [1.82, 2.24) is 5.32 Å². The van der Waals surface area contributed by atoms with Crippen LogP contribution < -0.4 is 5.32 Å². The molecule has 4 atom stereocenters. The first-order chi connectivity index (χ1) is 11.0. The topological polar surface area (TPSA) is 73.9 Å². The molecule has 23 heavy (non-hydrogen) atoms. The van der Waals surface area contributed by atoms with E-state index >= 15 is 0 Å². The van der Waals surface area contributed by atoms with Gasteiger partial charge in [0.25, 0.3) is 0 Å². The summed E-state index contributed by atoms with van der Waals surface area (Å²) in [6, 6.07) is 8.35. The van der Waals surface area contributed by atoms with Crippen LogP contribution in [0.3, 0.4) is 0 Å². The van der Waals surface area contributed by atoms with Gasteiger partial charge in [-0.05, 0) is 12.1 Å². The normalized spacial score (nSPS) is 27.3. The molecule has 0 bridgehead atoms. The molecule has 1 aliphatic rings. The largest absolute Gasteiger partial charge is 0.454 e. The number of esters is 1. The average molecular weight is 386 g/mol. The Morgan fingerprint density at radius 2 is 2.04 bits per heavy atom. The van der Waals surface area contributed by atoms with Gasteiger partial charge in [0, 0.05) is 25.8 Å². The summed E-state index contributed by atoms with van der Waals surface area (Å²) in [5.41, 5.74) is 0.455. The zero-order valence-electron chi connectivity index (χ0n) is 13.0. The quantitative estimate of drug-likeness (QED) is 0.618. The van der Waals surface area contributed by atoms with Crippen molar-refractivity contribution in [3.63, 3.8) is 0 Å². The second-order valence-corrected chi connectivity index (χ2v) is 5.92. The Labute approximate surface area is 143 Å². The molecular weight excluding hydrogens is 366 g/mol. The highest BCUT2D eigenvalue weighted by molar-refractivity contribution is 9.09. The van der Waals surface area contributed by atoms with Crippen molar-refractivity contribution >= 4 is 27.8 Å². The van der Waals surface area contributed by atoms with Crippen molar-refractivity contribution in [1.29, 1.82) is 0 Å². The average Bonchev–Trinajstić information content (AvgIpc) is 2.56. The Morgan fingerprint density at radius 3 is 2.61 bits per heavy atom. The van der Waals surface area contributed by atoms with E-state index < -0.39 is 24.5 Å². The van der Waals surface area contributed by atoms with Crippen LogP contribution in [0.25, 0.3) is 0 Å². The summed E-state index contributed by atoms with van der Waals surface area (Å²) >= 11 is 3.36. The summed E-state index contributed by atoms with van der Waals surface area (Å²) in [5.74, 6) is -0.641. The highest BCUT2D eigenvalue weighted by Crippen LogP contribution is 2.25. The minimum absolute atomic E-state index is 0.194. The van der Waals surface area contributed by atoms with Crippen LogP contribution in [0.15, 0.2) is 30.3 Å². The predicted octanol–water partition coefficient (Wildman–Crippen LogP) is 1.87.